The summed E-state index contributed by atoms with van der Waals surface area (Å²) in [4.78, 5) is 47.5. The largest absolute Gasteiger partial charge is 0.494 e. The first kappa shape index (κ1) is 39.8. The van der Waals surface area contributed by atoms with Crippen LogP contribution in [0.15, 0.2) is 54.6 Å². The number of rotatable bonds is 24. The average Bonchev–Trinajstić information content (AvgIpc) is 3.06. The van der Waals surface area contributed by atoms with Gasteiger partial charge in [-0.2, -0.15) is 0 Å². The number of carbonyl (C=O) groups excluding carboxylic acids is 2. The molecule has 48 heavy (non-hydrogen) atoms. The zero-order chi connectivity index (χ0) is 35.4. The van der Waals surface area contributed by atoms with Crippen LogP contribution in [-0.4, -0.2) is 60.5 Å². The highest BCUT2D eigenvalue weighted by Gasteiger charge is 2.42. The summed E-state index contributed by atoms with van der Waals surface area (Å²) in [6, 6.07) is 13.5. The Labute approximate surface area is 284 Å². The summed E-state index contributed by atoms with van der Waals surface area (Å²) in [6.45, 7) is 9.12. The molecule has 0 fully saturated rings. The van der Waals surface area contributed by atoms with Crippen molar-refractivity contribution in [2.24, 2.45) is 10.8 Å². The molecule has 2 N–H and O–H groups in total. The van der Waals surface area contributed by atoms with Gasteiger partial charge >= 0.3 is 23.9 Å². The Morgan fingerprint density at radius 1 is 0.646 bits per heavy atom. The molecule has 1 unspecified atom stereocenters. The van der Waals surface area contributed by atoms with Crippen LogP contribution < -0.4 is 9.47 Å². The number of ether oxygens (including phenoxy) is 4. The highest BCUT2D eigenvalue weighted by Crippen LogP contribution is 2.38. The normalized spacial score (nSPS) is 12.7. The Morgan fingerprint density at radius 3 is 1.56 bits per heavy atom. The molecule has 0 aliphatic rings. The minimum Gasteiger partial charge on any atom is -0.494 e. The molecule has 10 nitrogen and oxygen atoms in total. The lowest BCUT2D eigenvalue weighted by Gasteiger charge is -2.33. The first-order chi connectivity index (χ1) is 22.9. The van der Waals surface area contributed by atoms with E-state index in [1.807, 2.05) is 39.8 Å². The van der Waals surface area contributed by atoms with E-state index in [-0.39, 0.29) is 17.5 Å². The summed E-state index contributed by atoms with van der Waals surface area (Å²) < 4.78 is 22.6. The van der Waals surface area contributed by atoms with Crippen LogP contribution in [0.25, 0.3) is 6.08 Å². The van der Waals surface area contributed by atoms with E-state index in [1.165, 1.54) is 18.2 Å². The van der Waals surface area contributed by atoms with Gasteiger partial charge in [0.1, 0.15) is 11.5 Å². The van der Waals surface area contributed by atoms with Gasteiger partial charge < -0.3 is 29.2 Å². The highest BCUT2D eigenvalue weighted by molar-refractivity contribution is 5.87. The van der Waals surface area contributed by atoms with E-state index in [0.29, 0.717) is 45.0 Å². The van der Waals surface area contributed by atoms with Crippen molar-refractivity contribution in [2.45, 2.75) is 91.9 Å². The summed E-state index contributed by atoms with van der Waals surface area (Å²) in [6.07, 6.45) is 10.3. The van der Waals surface area contributed by atoms with Crippen LogP contribution in [0.1, 0.15) is 108 Å². The number of aromatic carboxylic acids is 1. The minimum atomic E-state index is -0.990. The molecule has 10 heteroatoms. The van der Waals surface area contributed by atoms with Crippen LogP contribution in [0, 0.1) is 10.8 Å². The Hall–Kier alpha value is -4.34. The van der Waals surface area contributed by atoms with Gasteiger partial charge in [0.15, 0.2) is 0 Å². The summed E-state index contributed by atoms with van der Waals surface area (Å²) >= 11 is 0. The molecule has 0 spiro atoms. The Morgan fingerprint density at radius 2 is 1.10 bits per heavy atom. The smallest absolute Gasteiger partial charge is 0.335 e. The minimum absolute atomic E-state index is 0.220. The van der Waals surface area contributed by atoms with Crippen LogP contribution in [0.5, 0.6) is 11.5 Å². The van der Waals surface area contributed by atoms with E-state index in [1.54, 1.807) is 24.3 Å². The van der Waals surface area contributed by atoms with Crippen molar-refractivity contribution in [3.05, 3.63) is 65.7 Å². The van der Waals surface area contributed by atoms with Gasteiger partial charge in [0.05, 0.1) is 42.8 Å². The number of aliphatic carboxylic acids is 1. The lowest BCUT2D eigenvalue weighted by molar-refractivity contribution is -0.163. The molecule has 2 aromatic carbocycles. The van der Waals surface area contributed by atoms with Crippen molar-refractivity contribution in [3.63, 3.8) is 0 Å². The van der Waals surface area contributed by atoms with E-state index in [4.69, 9.17) is 29.2 Å². The van der Waals surface area contributed by atoms with Crippen molar-refractivity contribution < 1.29 is 48.3 Å². The molecule has 0 heterocycles. The maximum Gasteiger partial charge on any atom is 0.335 e. The number of benzene rings is 2. The number of unbranched alkanes of at least 4 members (excludes halogenated alkanes) is 6. The van der Waals surface area contributed by atoms with Gasteiger partial charge in [0.2, 0.25) is 0 Å². The topological polar surface area (TPSA) is 146 Å². The molecular weight excluding hydrogens is 616 g/mol. The lowest BCUT2D eigenvalue weighted by Crippen LogP contribution is -2.38. The standard InChI is InChI=1S/C38H52O10/c1-5-38(4,36(44)48-27-13-9-7-11-25-46-32-21-17-30(18-22-32)34(41)42)28-37(2,3)35(43)47-26-12-8-6-10-24-45-31-19-14-29(15-20-31)16-23-33(39)40/h14-23H,5-13,24-28H2,1-4H3,(H,39,40)(H,41,42)/b23-16+. The first-order valence-electron chi connectivity index (χ1n) is 16.8. The predicted molar refractivity (Wildman–Crippen MR) is 183 cm³/mol. The molecule has 0 aliphatic carbocycles. The number of hydrogen-bond donors (Lipinski definition) is 2. The SMILES string of the molecule is CCC(C)(CC(C)(C)C(=O)OCCCCCCOc1ccc(/C=C/C(=O)O)cc1)C(=O)OCCCCCCOc1ccc(C(=O)O)cc1. The molecule has 0 aliphatic heterocycles. The molecule has 0 amide bonds. The second-order valence-electron chi connectivity index (χ2n) is 12.8. The number of hydrogen-bond acceptors (Lipinski definition) is 8. The van der Waals surface area contributed by atoms with E-state index in [9.17, 15) is 19.2 Å². The predicted octanol–water partition coefficient (Wildman–Crippen LogP) is 7.98. The van der Waals surface area contributed by atoms with Gasteiger partial charge in [-0.3, -0.25) is 9.59 Å². The van der Waals surface area contributed by atoms with E-state index in [0.717, 1.165) is 68.8 Å². The third-order valence-corrected chi connectivity index (χ3v) is 8.14. The molecule has 2 aromatic rings. The Balaban J connectivity index is 1.57. The lowest BCUT2D eigenvalue weighted by atomic mass is 9.72. The maximum atomic E-state index is 13.0. The molecule has 0 radical (unpaired) electrons. The summed E-state index contributed by atoms with van der Waals surface area (Å²) in [7, 11) is 0. The van der Waals surface area contributed by atoms with Crippen molar-refractivity contribution in [1.29, 1.82) is 0 Å². The monoisotopic (exact) mass is 668 g/mol. The number of carboxylic acid groups (broad SMARTS) is 2. The maximum absolute atomic E-state index is 13.0. The second-order valence-corrected chi connectivity index (χ2v) is 12.8. The zero-order valence-corrected chi connectivity index (χ0v) is 28.8. The van der Waals surface area contributed by atoms with Crippen molar-refractivity contribution >= 4 is 30.0 Å². The summed E-state index contributed by atoms with van der Waals surface area (Å²) in [5.74, 6) is -1.22. The van der Waals surface area contributed by atoms with Gasteiger partial charge in [-0.05, 0) is 133 Å². The fourth-order valence-electron chi connectivity index (χ4n) is 5.12. The van der Waals surface area contributed by atoms with Gasteiger partial charge in [0.25, 0.3) is 0 Å². The first-order valence-corrected chi connectivity index (χ1v) is 16.8. The number of carbonyl (C=O) groups is 4. The molecule has 264 valence electrons. The third kappa shape index (κ3) is 15.0. The van der Waals surface area contributed by atoms with Gasteiger partial charge in [0, 0.05) is 6.08 Å². The summed E-state index contributed by atoms with van der Waals surface area (Å²) in [5.41, 5.74) is -0.639. The van der Waals surface area contributed by atoms with Gasteiger partial charge in [-0.15, -0.1) is 0 Å². The van der Waals surface area contributed by atoms with Gasteiger partial charge in [-0.1, -0.05) is 19.1 Å². The molecule has 1 atom stereocenters. The molecule has 0 saturated heterocycles. The van der Waals surface area contributed by atoms with E-state index in [2.05, 4.69) is 0 Å². The number of carboxylic acids is 2. The average molecular weight is 669 g/mol. The second kappa shape index (κ2) is 20.8. The Kier molecular flexibility index (Phi) is 17.3. The van der Waals surface area contributed by atoms with Crippen LogP contribution in [-0.2, 0) is 23.9 Å². The van der Waals surface area contributed by atoms with Crippen LogP contribution in [0.4, 0.5) is 0 Å². The highest BCUT2D eigenvalue weighted by atomic mass is 16.5. The van der Waals surface area contributed by atoms with Gasteiger partial charge in [-0.25, -0.2) is 9.59 Å². The molecule has 2 rings (SSSR count). The van der Waals surface area contributed by atoms with Crippen LogP contribution in [0.3, 0.4) is 0 Å². The third-order valence-electron chi connectivity index (χ3n) is 8.14. The fraction of sp³-hybridized carbons (Fsp3) is 0.526. The number of esters is 2. The molecule has 0 aromatic heterocycles. The zero-order valence-electron chi connectivity index (χ0n) is 28.8. The Bertz CT molecular complexity index is 1310. The molecule has 0 bridgehead atoms. The molecular formula is C38H52O10. The fourth-order valence-corrected chi connectivity index (χ4v) is 5.12. The van der Waals surface area contributed by atoms with Crippen molar-refractivity contribution in [3.8, 4) is 11.5 Å². The van der Waals surface area contributed by atoms with E-state index < -0.39 is 22.8 Å². The van der Waals surface area contributed by atoms with Crippen LogP contribution >= 0.6 is 0 Å². The summed E-state index contributed by atoms with van der Waals surface area (Å²) in [5, 5.41) is 17.7. The van der Waals surface area contributed by atoms with E-state index >= 15 is 0 Å². The molecule has 0 saturated carbocycles. The van der Waals surface area contributed by atoms with Crippen LogP contribution in [0.2, 0.25) is 0 Å². The quantitative estimate of drug-likeness (QED) is 0.0641. The van der Waals surface area contributed by atoms with Crippen molar-refractivity contribution in [2.75, 3.05) is 26.4 Å². The van der Waals surface area contributed by atoms with Crippen molar-refractivity contribution in [1.82, 2.24) is 0 Å².